The molecule has 0 radical (unpaired) electrons. The molecule has 26 heavy (non-hydrogen) atoms. The number of hydrogen-bond donors (Lipinski definition) is 1. The van der Waals surface area contributed by atoms with E-state index in [4.69, 9.17) is 14.2 Å². The van der Waals surface area contributed by atoms with E-state index in [1.54, 1.807) is 33.5 Å². The van der Waals surface area contributed by atoms with Crippen molar-refractivity contribution in [1.29, 1.82) is 0 Å². The van der Waals surface area contributed by atoms with Crippen LogP contribution in [0.25, 0.3) is 0 Å². The van der Waals surface area contributed by atoms with Gasteiger partial charge in [-0.1, -0.05) is 0 Å². The summed E-state index contributed by atoms with van der Waals surface area (Å²) in [5.74, 6) is 1.90. The topological polar surface area (TPSA) is 85.8 Å². The van der Waals surface area contributed by atoms with Crippen LogP contribution in [0, 0.1) is 0 Å². The minimum atomic E-state index is -0.0261. The number of amides is 1. The van der Waals surface area contributed by atoms with E-state index in [-0.39, 0.29) is 5.91 Å². The van der Waals surface area contributed by atoms with E-state index in [2.05, 4.69) is 15.3 Å². The molecule has 1 N–H and O–H groups in total. The number of carbonyl (C=O) groups excluding carboxylic acids is 1. The lowest BCUT2D eigenvalue weighted by Gasteiger charge is -2.15. The van der Waals surface area contributed by atoms with Crippen molar-refractivity contribution in [3.63, 3.8) is 0 Å². The third kappa shape index (κ3) is 3.63. The highest BCUT2D eigenvalue weighted by Crippen LogP contribution is 2.40. The van der Waals surface area contributed by atoms with Crippen molar-refractivity contribution in [3.8, 4) is 17.2 Å². The molecule has 2 aromatic rings. The number of anilines is 2. The molecule has 1 aromatic carbocycles. The molecule has 3 rings (SSSR count). The Balaban J connectivity index is 1.77. The number of nitrogens with one attached hydrogen (secondary N) is 1. The standard InChI is InChI=1S/C18H22N4O4/c1-24-14-8-13(9-15(25-2)16(14)26-3)21-18-19-10-12(11-20-18)17(23)22-6-4-5-7-22/h8-11H,4-7H2,1-3H3,(H,19,20,21). The minimum absolute atomic E-state index is 0.0261. The molecule has 138 valence electrons. The Bertz CT molecular complexity index is 748. The predicted octanol–water partition coefficient (Wildman–Crippen LogP) is 2.48. The van der Waals surface area contributed by atoms with E-state index in [0.717, 1.165) is 25.9 Å². The van der Waals surface area contributed by atoms with E-state index in [0.29, 0.717) is 34.4 Å². The summed E-state index contributed by atoms with van der Waals surface area (Å²) in [6.07, 6.45) is 5.17. The van der Waals surface area contributed by atoms with Gasteiger partial charge in [-0.05, 0) is 12.8 Å². The molecule has 1 saturated heterocycles. The first-order valence-electron chi connectivity index (χ1n) is 8.34. The highest BCUT2D eigenvalue weighted by atomic mass is 16.5. The van der Waals surface area contributed by atoms with Crippen LogP contribution < -0.4 is 19.5 Å². The van der Waals surface area contributed by atoms with Gasteiger partial charge in [0.1, 0.15) is 0 Å². The maximum Gasteiger partial charge on any atom is 0.256 e. The first kappa shape index (κ1) is 17.8. The van der Waals surface area contributed by atoms with Gasteiger partial charge >= 0.3 is 0 Å². The Labute approximate surface area is 152 Å². The van der Waals surface area contributed by atoms with Gasteiger partial charge in [-0.25, -0.2) is 9.97 Å². The zero-order chi connectivity index (χ0) is 18.5. The molecule has 8 heteroatoms. The van der Waals surface area contributed by atoms with Crippen molar-refractivity contribution < 1.29 is 19.0 Å². The average molecular weight is 358 g/mol. The number of likely N-dealkylation sites (tertiary alicyclic amines) is 1. The summed E-state index contributed by atoms with van der Waals surface area (Å²) in [4.78, 5) is 22.6. The first-order chi connectivity index (χ1) is 12.7. The average Bonchev–Trinajstić information content (AvgIpc) is 3.22. The Hall–Kier alpha value is -3.03. The Morgan fingerprint density at radius 2 is 1.58 bits per heavy atom. The summed E-state index contributed by atoms with van der Waals surface area (Å²) in [5.41, 5.74) is 1.17. The fourth-order valence-corrected chi connectivity index (χ4v) is 2.89. The van der Waals surface area contributed by atoms with Crippen LogP contribution in [-0.2, 0) is 0 Å². The molecule has 0 aliphatic carbocycles. The van der Waals surface area contributed by atoms with Gasteiger partial charge < -0.3 is 24.4 Å². The third-order valence-electron chi connectivity index (χ3n) is 4.21. The number of hydrogen-bond acceptors (Lipinski definition) is 7. The molecule has 1 aliphatic heterocycles. The molecule has 1 aromatic heterocycles. The van der Waals surface area contributed by atoms with Crippen molar-refractivity contribution >= 4 is 17.5 Å². The number of carbonyl (C=O) groups is 1. The Kier molecular flexibility index (Phi) is 5.40. The summed E-state index contributed by atoms with van der Waals surface area (Å²) in [7, 11) is 4.65. The van der Waals surface area contributed by atoms with Gasteiger partial charge in [0, 0.05) is 43.3 Å². The maximum atomic E-state index is 12.3. The van der Waals surface area contributed by atoms with Gasteiger partial charge in [0.25, 0.3) is 5.91 Å². The molecule has 1 aliphatic rings. The van der Waals surface area contributed by atoms with Crippen molar-refractivity contribution in [3.05, 3.63) is 30.1 Å². The van der Waals surface area contributed by atoms with Crippen LogP contribution in [-0.4, -0.2) is 55.2 Å². The molecule has 0 bridgehead atoms. The number of benzene rings is 1. The lowest BCUT2D eigenvalue weighted by molar-refractivity contribution is 0.0792. The van der Waals surface area contributed by atoms with Crippen LogP contribution in [0.4, 0.5) is 11.6 Å². The predicted molar refractivity (Wildman–Crippen MR) is 96.6 cm³/mol. The Morgan fingerprint density at radius 3 is 2.08 bits per heavy atom. The smallest absolute Gasteiger partial charge is 0.256 e. The van der Waals surface area contributed by atoms with Gasteiger partial charge in [0.05, 0.1) is 26.9 Å². The van der Waals surface area contributed by atoms with Crippen molar-refractivity contribution in [2.45, 2.75) is 12.8 Å². The van der Waals surface area contributed by atoms with Gasteiger partial charge in [-0.15, -0.1) is 0 Å². The van der Waals surface area contributed by atoms with E-state index in [9.17, 15) is 4.79 Å². The molecule has 0 atom stereocenters. The zero-order valence-corrected chi connectivity index (χ0v) is 15.1. The van der Waals surface area contributed by atoms with Gasteiger partial charge in [-0.3, -0.25) is 4.79 Å². The largest absolute Gasteiger partial charge is 0.493 e. The second-order valence-electron chi connectivity index (χ2n) is 5.83. The van der Waals surface area contributed by atoms with E-state index in [1.807, 2.05) is 4.90 Å². The molecule has 1 amide bonds. The summed E-state index contributed by atoms with van der Waals surface area (Å²) in [6.45, 7) is 1.59. The monoisotopic (exact) mass is 358 g/mol. The van der Waals surface area contributed by atoms with E-state index in [1.165, 1.54) is 12.4 Å². The summed E-state index contributed by atoms with van der Waals surface area (Å²) in [6, 6.07) is 3.52. The van der Waals surface area contributed by atoms with Gasteiger partial charge in [0.15, 0.2) is 11.5 Å². The number of aromatic nitrogens is 2. The van der Waals surface area contributed by atoms with Gasteiger partial charge in [-0.2, -0.15) is 0 Å². The van der Waals surface area contributed by atoms with Crippen LogP contribution in [0.2, 0.25) is 0 Å². The lowest BCUT2D eigenvalue weighted by atomic mass is 10.2. The second-order valence-corrected chi connectivity index (χ2v) is 5.83. The fourth-order valence-electron chi connectivity index (χ4n) is 2.89. The quantitative estimate of drug-likeness (QED) is 0.849. The van der Waals surface area contributed by atoms with E-state index >= 15 is 0 Å². The second kappa shape index (κ2) is 7.90. The van der Waals surface area contributed by atoms with Crippen molar-refractivity contribution in [1.82, 2.24) is 14.9 Å². The first-order valence-corrected chi connectivity index (χ1v) is 8.34. The third-order valence-corrected chi connectivity index (χ3v) is 4.21. The number of methoxy groups -OCH3 is 3. The van der Waals surface area contributed by atoms with Crippen LogP contribution in [0.15, 0.2) is 24.5 Å². The van der Waals surface area contributed by atoms with Crippen LogP contribution >= 0.6 is 0 Å². The molecular weight excluding hydrogens is 336 g/mol. The Morgan fingerprint density at radius 1 is 1.00 bits per heavy atom. The van der Waals surface area contributed by atoms with Gasteiger partial charge in [0.2, 0.25) is 11.7 Å². The fraction of sp³-hybridized carbons (Fsp3) is 0.389. The molecule has 8 nitrogen and oxygen atoms in total. The molecule has 2 heterocycles. The van der Waals surface area contributed by atoms with Crippen LogP contribution in [0.3, 0.4) is 0 Å². The van der Waals surface area contributed by atoms with Crippen LogP contribution in [0.5, 0.6) is 17.2 Å². The zero-order valence-electron chi connectivity index (χ0n) is 15.1. The minimum Gasteiger partial charge on any atom is -0.493 e. The van der Waals surface area contributed by atoms with Crippen molar-refractivity contribution in [2.75, 3.05) is 39.7 Å². The SMILES string of the molecule is COc1cc(Nc2ncc(C(=O)N3CCCC3)cn2)cc(OC)c1OC. The number of ether oxygens (including phenoxy) is 3. The number of rotatable bonds is 6. The molecular formula is C18H22N4O4. The summed E-state index contributed by atoms with van der Waals surface area (Å²) < 4.78 is 16.0. The molecule has 1 fully saturated rings. The summed E-state index contributed by atoms with van der Waals surface area (Å²) >= 11 is 0. The normalized spacial score (nSPS) is 13.4. The summed E-state index contributed by atoms with van der Waals surface area (Å²) in [5, 5.41) is 3.08. The van der Waals surface area contributed by atoms with Crippen molar-refractivity contribution in [2.24, 2.45) is 0 Å². The lowest BCUT2D eigenvalue weighted by Crippen LogP contribution is -2.27. The molecule has 0 saturated carbocycles. The molecule has 0 spiro atoms. The highest BCUT2D eigenvalue weighted by Gasteiger charge is 2.20. The highest BCUT2D eigenvalue weighted by molar-refractivity contribution is 5.93. The van der Waals surface area contributed by atoms with E-state index < -0.39 is 0 Å². The molecule has 0 unspecified atom stereocenters. The van der Waals surface area contributed by atoms with Crippen LogP contribution in [0.1, 0.15) is 23.2 Å². The number of nitrogens with zero attached hydrogens (tertiary/aromatic N) is 3. The maximum absolute atomic E-state index is 12.3.